The minimum Gasteiger partial charge on any atom is -0.396 e. The van der Waals surface area contributed by atoms with Gasteiger partial charge >= 0.3 is 0 Å². The summed E-state index contributed by atoms with van der Waals surface area (Å²) >= 11 is 12.3. The number of halogens is 2. The molecule has 4 nitrogen and oxygen atoms in total. The summed E-state index contributed by atoms with van der Waals surface area (Å²) in [5, 5.41) is 16.6. The normalized spacial score (nSPS) is 16.0. The molecule has 6 heteroatoms. The van der Waals surface area contributed by atoms with Crippen LogP contribution in [0, 0.1) is 5.41 Å². The number of hydrogen-bond donors (Lipinski definition) is 3. The van der Waals surface area contributed by atoms with Gasteiger partial charge in [-0.15, -0.1) is 0 Å². The van der Waals surface area contributed by atoms with Gasteiger partial charge in [0.15, 0.2) is 0 Å². The van der Waals surface area contributed by atoms with Crippen molar-refractivity contribution in [3.05, 3.63) is 16.1 Å². The van der Waals surface area contributed by atoms with Crippen LogP contribution < -0.4 is 10.6 Å². The molecule has 1 aliphatic carbocycles. The number of aromatic nitrogens is 1. The Hall–Kier alpha value is -0.710. The monoisotopic (exact) mass is 317 g/mol. The van der Waals surface area contributed by atoms with Crippen molar-refractivity contribution in [3.63, 3.8) is 0 Å². The lowest BCUT2D eigenvalue weighted by molar-refractivity contribution is 0.253. The van der Waals surface area contributed by atoms with E-state index in [1.54, 1.807) is 6.07 Å². The fourth-order valence-electron chi connectivity index (χ4n) is 2.16. The molecule has 0 spiro atoms. The molecule has 1 aliphatic rings. The van der Waals surface area contributed by atoms with Crippen LogP contribution in [0.2, 0.25) is 10.0 Å². The minimum absolute atomic E-state index is 0.219. The Labute approximate surface area is 129 Å². The average Bonchev–Trinajstić information content (AvgIpc) is 3.17. The van der Waals surface area contributed by atoms with Crippen LogP contribution in [0.5, 0.6) is 0 Å². The summed E-state index contributed by atoms with van der Waals surface area (Å²) in [6.07, 6.45) is 4.12. The van der Waals surface area contributed by atoms with E-state index in [0.717, 1.165) is 38.8 Å². The second-order valence-electron chi connectivity index (χ2n) is 5.40. The number of hydrogen-bond acceptors (Lipinski definition) is 4. The third-order valence-corrected chi connectivity index (χ3v) is 4.28. The molecule has 0 saturated heterocycles. The van der Waals surface area contributed by atoms with E-state index >= 15 is 0 Å². The average molecular weight is 318 g/mol. The molecule has 0 aromatic carbocycles. The highest BCUT2D eigenvalue weighted by molar-refractivity contribution is 6.37. The molecular weight excluding hydrogens is 297 g/mol. The Morgan fingerprint density at radius 2 is 1.90 bits per heavy atom. The van der Waals surface area contributed by atoms with E-state index in [-0.39, 0.29) is 12.0 Å². The molecule has 0 radical (unpaired) electrons. The van der Waals surface area contributed by atoms with Crippen LogP contribution >= 0.6 is 23.2 Å². The highest BCUT2D eigenvalue weighted by Gasteiger charge is 2.41. The van der Waals surface area contributed by atoms with Crippen LogP contribution in [0.25, 0.3) is 0 Å². The summed E-state index contributed by atoms with van der Waals surface area (Å²) in [7, 11) is 0. The summed E-state index contributed by atoms with van der Waals surface area (Å²) in [5.74, 6) is 1.31. The van der Waals surface area contributed by atoms with E-state index in [2.05, 4.69) is 22.5 Å². The molecule has 2 rings (SSSR count). The zero-order chi connectivity index (χ0) is 14.6. The van der Waals surface area contributed by atoms with Gasteiger partial charge in [-0.2, -0.15) is 0 Å². The zero-order valence-corrected chi connectivity index (χ0v) is 13.2. The SMILES string of the molecule is CCCNc1nc(NCC2(CCO)CC2)c(Cl)cc1Cl. The molecule has 0 aliphatic heterocycles. The van der Waals surface area contributed by atoms with Crippen LogP contribution in [0.15, 0.2) is 6.07 Å². The standard InChI is InChI=1S/C14H21Cl2N3O/c1-2-6-17-12-10(15)8-11(16)13(19-12)18-9-14(3-4-14)5-7-20/h8,20H,2-7,9H2,1H3,(H2,17,18,19). The van der Waals surface area contributed by atoms with E-state index in [9.17, 15) is 0 Å². The molecule has 1 aromatic heterocycles. The summed E-state index contributed by atoms with van der Waals surface area (Å²) in [6.45, 7) is 3.92. The molecule has 1 saturated carbocycles. The Morgan fingerprint density at radius 1 is 1.25 bits per heavy atom. The van der Waals surface area contributed by atoms with E-state index in [1.807, 2.05) is 0 Å². The maximum Gasteiger partial charge on any atom is 0.147 e. The van der Waals surface area contributed by atoms with Crippen molar-refractivity contribution < 1.29 is 5.11 Å². The van der Waals surface area contributed by atoms with Crippen molar-refractivity contribution in [1.29, 1.82) is 0 Å². The van der Waals surface area contributed by atoms with Crippen molar-refractivity contribution in [3.8, 4) is 0 Å². The van der Waals surface area contributed by atoms with Crippen LogP contribution in [-0.2, 0) is 0 Å². The number of pyridine rings is 1. The van der Waals surface area contributed by atoms with Gasteiger partial charge in [0, 0.05) is 19.7 Å². The fourth-order valence-corrected chi connectivity index (χ4v) is 2.65. The second-order valence-corrected chi connectivity index (χ2v) is 6.22. The van der Waals surface area contributed by atoms with Gasteiger partial charge in [-0.1, -0.05) is 30.1 Å². The number of aliphatic hydroxyl groups is 1. The van der Waals surface area contributed by atoms with Crippen LogP contribution in [-0.4, -0.2) is 29.8 Å². The molecule has 0 amide bonds. The van der Waals surface area contributed by atoms with Gasteiger partial charge < -0.3 is 15.7 Å². The quantitative estimate of drug-likeness (QED) is 0.683. The topological polar surface area (TPSA) is 57.2 Å². The van der Waals surface area contributed by atoms with Gasteiger partial charge in [-0.3, -0.25) is 0 Å². The predicted molar refractivity (Wildman–Crippen MR) is 84.9 cm³/mol. The Kier molecular flexibility index (Phi) is 5.35. The maximum atomic E-state index is 9.07. The van der Waals surface area contributed by atoms with Crippen molar-refractivity contribution >= 4 is 34.8 Å². The fraction of sp³-hybridized carbons (Fsp3) is 0.643. The number of nitrogens with zero attached hydrogens (tertiary/aromatic N) is 1. The predicted octanol–water partition coefficient (Wildman–Crippen LogP) is 3.78. The first-order chi connectivity index (χ1) is 9.60. The van der Waals surface area contributed by atoms with Gasteiger partial charge in [0.1, 0.15) is 11.6 Å². The first kappa shape index (κ1) is 15.7. The molecule has 0 unspecified atom stereocenters. The molecule has 1 heterocycles. The summed E-state index contributed by atoms with van der Waals surface area (Å²) in [5.41, 5.74) is 0.219. The van der Waals surface area contributed by atoms with E-state index in [1.165, 1.54) is 0 Å². The van der Waals surface area contributed by atoms with Crippen molar-refractivity contribution in [2.45, 2.75) is 32.6 Å². The molecule has 1 fully saturated rings. The molecular formula is C14H21Cl2N3O. The number of anilines is 2. The first-order valence-corrected chi connectivity index (χ1v) is 7.80. The maximum absolute atomic E-state index is 9.07. The Balaban J connectivity index is 2.03. The molecule has 0 atom stereocenters. The Bertz CT molecular complexity index is 464. The third-order valence-electron chi connectivity index (χ3n) is 3.70. The van der Waals surface area contributed by atoms with Crippen molar-refractivity contribution in [2.24, 2.45) is 5.41 Å². The van der Waals surface area contributed by atoms with Crippen molar-refractivity contribution in [2.75, 3.05) is 30.3 Å². The van der Waals surface area contributed by atoms with E-state index in [0.29, 0.717) is 21.7 Å². The second kappa shape index (κ2) is 6.83. The highest BCUT2D eigenvalue weighted by atomic mass is 35.5. The number of nitrogens with one attached hydrogen (secondary N) is 2. The van der Waals surface area contributed by atoms with Gasteiger partial charge in [0.05, 0.1) is 10.0 Å². The highest BCUT2D eigenvalue weighted by Crippen LogP contribution is 2.48. The molecule has 3 N–H and O–H groups in total. The van der Waals surface area contributed by atoms with Gasteiger partial charge in [-0.05, 0) is 37.2 Å². The lowest BCUT2D eigenvalue weighted by Gasteiger charge is -2.17. The van der Waals surface area contributed by atoms with Crippen LogP contribution in [0.1, 0.15) is 32.6 Å². The summed E-state index contributed by atoms with van der Waals surface area (Å²) < 4.78 is 0. The molecule has 112 valence electrons. The zero-order valence-electron chi connectivity index (χ0n) is 11.7. The van der Waals surface area contributed by atoms with E-state index < -0.39 is 0 Å². The lowest BCUT2D eigenvalue weighted by Crippen LogP contribution is -2.18. The summed E-state index contributed by atoms with van der Waals surface area (Å²) in [4.78, 5) is 4.45. The van der Waals surface area contributed by atoms with Crippen LogP contribution in [0.3, 0.4) is 0 Å². The van der Waals surface area contributed by atoms with Crippen LogP contribution in [0.4, 0.5) is 11.6 Å². The smallest absolute Gasteiger partial charge is 0.147 e. The molecule has 0 bridgehead atoms. The third kappa shape index (κ3) is 3.90. The number of aliphatic hydroxyl groups excluding tert-OH is 1. The van der Waals surface area contributed by atoms with Gasteiger partial charge in [-0.25, -0.2) is 4.98 Å². The minimum atomic E-state index is 0.219. The van der Waals surface area contributed by atoms with Gasteiger partial charge in [0.25, 0.3) is 0 Å². The lowest BCUT2D eigenvalue weighted by atomic mass is 10.0. The summed E-state index contributed by atoms with van der Waals surface area (Å²) in [6, 6.07) is 1.71. The van der Waals surface area contributed by atoms with Crippen molar-refractivity contribution in [1.82, 2.24) is 4.98 Å². The van der Waals surface area contributed by atoms with E-state index in [4.69, 9.17) is 28.3 Å². The largest absolute Gasteiger partial charge is 0.396 e. The number of rotatable bonds is 8. The first-order valence-electron chi connectivity index (χ1n) is 7.05. The Morgan fingerprint density at radius 3 is 2.45 bits per heavy atom. The molecule has 20 heavy (non-hydrogen) atoms. The van der Waals surface area contributed by atoms with Gasteiger partial charge in [0.2, 0.25) is 0 Å². The molecule has 1 aromatic rings.